The van der Waals surface area contributed by atoms with Gasteiger partial charge in [0.25, 0.3) is 11.8 Å². The average molecular weight is 484 g/mol. The van der Waals surface area contributed by atoms with Crippen LogP contribution in [-0.4, -0.2) is 76.8 Å². The van der Waals surface area contributed by atoms with Gasteiger partial charge in [-0.25, -0.2) is 4.79 Å². The Balaban J connectivity index is 1.23. The number of carbonyl (C=O) groups excluding carboxylic acids is 4. The highest BCUT2D eigenvalue weighted by molar-refractivity contribution is 6.07. The summed E-state index contributed by atoms with van der Waals surface area (Å²) >= 11 is 0. The second kappa shape index (κ2) is 11.2. The molecule has 0 spiro atoms. The summed E-state index contributed by atoms with van der Waals surface area (Å²) in [7, 11) is 0. The fourth-order valence-electron chi connectivity index (χ4n) is 5.24. The molecular weight excluding hydrogens is 446 g/mol. The Morgan fingerprint density at radius 1 is 1.00 bits per heavy atom. The number of nitrogens with one attached hydrogen (secondary N) is 2. The van der Waals surface area contributed by atoms with Gasteiger partial charge in [0.05, 0.1) is 6.54 Å². The second-order valence-corrected chi connectivity index (χ2v) is 10.2. The number of amides is 5. The first-order chi connectivity index (χ1) is 16.9. The van der Waals surface area contributed by atoms with Crippen LogP contribution < -0.4 is 10.7 Å². The van der Waals surface area contributed by atoms with Crippen LogP contribution in [-0.2, 0) is 20.8 Å². The van der Waals surface area contributed by atoms with Crippen molar-refractivity contribution in [3.05, 3.63) is 35.9 Å². The summed E-state index contributed by atoms with van der Waals surface area (Å²) in [6.07, 6.45) is 7.08. The summed E-state index contributed by atoms with van der Waals surface area (Å²) in [6.45, 7) is 4.78. The maximum Gasteiger partial charge on any atom is 0.344 e. The summed E-state index contributed by atoms with van der Waals surface area (Å²) in [5.41, 5.74) is 2.50. The molecule has 3 saturated heterocycles. The van der Waals surface area contributed by atoms with E-state index in [2.05, 4.69) is 10.7 Å². The Labute approximate surface area is 207 Å². The first kappa shape index (κ1) is 25.2. The molecule has 0 bridgehead atoms. The van der Waals surface area contributed by atoms with Crippen molar-refractivity contribution in [2.75, 3.05) is 32.7 Å². The van der Waals surface area contributed by atoms with Crippen LogP contribution in [0.4, 0.5) is 4.79 Å². The third-order valence-electron chi connectivity index (χ3n) is 7.48. The number of hydrogen-bond donors (Lipinski definition) is 2. The average Bonchev–Trinajstić information content (AvgIpc) is 3.05. The van der Waals surface area contributed by atoms with E-state index in [1.165, 1.54) is 12.8 Å². The molecule has 3 fully saturated rings. The van der Waals surface area contributed by atoms with Gasteiger partial charge in [-0.15, -0.1) is 0 Å². The van der Waals surface area contributed by atoms with E-state index < -0.39 is 23.4 Å². The Morgan fingerprint density at radius 3 is 2.31 bits per heavy atom. The fraction of sp³-hybridized carbons (Fsp3) is 0.615. The number of likely N-dealkylation sites (tertiary alicyclic amines) is 2. The molecule has 9 nitrogen and oxygen atoms in total. The van der Waals surface area contributed by atoms with Gasteiger partial charge in [-0.2, -0.15) is 5.01 Å². The zero-order valence-electron chi connectivity index (χ0n) is 20.6. The van der Waals surface area contributed by atoms with Crippen molar-refractivity contribution in [1.82, 2.24) is 25.6 Å². The van der Waals surface area contributed by atoms with Crippen molar-refractivity contribution < 1.29 is 19.2 Å². The third-order valence-corrected chi connectivity index (χ3v) is 7.48. The van der Waals surface area contributed by atoms with Crippen molar-refractivity contribution in [2.24, 2.45) is 5.92 Å². The lowest BCUT2D eigenvalue weighted by Crippen LogP contribution is -2.52. The van der Waals surface area contributed by atoms with Gasteiger partial charge in [0.15, 0.2) is 0 Å². The first-order valence-electron chi connectivity index (χ1n) is 12.9. The van der Waals surface area contributed by atoms with Gasteiger partial charge in [0.1, 0.15) is 5.54 Å². The molecule has 3 heterocycles. The number of aryl methyl sites for hydroxylation is 1. The van der Waals surface area contributed by atoms with Crippen molar-refractivity contribution in [3.63, 3.8) is 0 Å². The van der Waals surface area contributed by atoms with Crippen molar-refractivity contribution >= 4 is 23.8 Å². The van der Waals surface area contributed by atoms with Crippen LogP contribution in [0.25, 0.3) is 0 Å². The van der Waals surface area contributed by atoms with Crippen LogP contribution in [0.3, 0.4) is 0 Å². The molecule has 4 rings (SSSR count). The van der Waals surface area contributed by atoms with Crippen molar-refractivity contribution in [3.8, 4) is 0 Å². The number of rotatable bonds is 7. The molecule has 3 aliphatic rings. The van der Waals surface area contributed by atoms with Gasteiger partial charge < -0.3 is 10.2 Å². The lowest BCUT2D eigenvalue weighted by Gasteiger charge is -2.33. The van der Waals surface area contributed by atoms with Gasteiger partial charge in [-0.05, 0) is 64.1 Å². The molecule has 3 aliphatic heterocycles. The van der Waals surface area contributed by atoms with E-state index in [4.69, 9.17) is 0 Å². The van der Waals surface area contributed by atoms with Gasteiger partial charge in [0.2, 0.25) is 5.91 Å². The molecule has 35 heavy (non-hydrogen) atoms. The molecule has 190 valence electrons. The normalized spacial score (nSPS) is 24.3. The zero-order chi connectivity index (χ0) is 24.8. The maximum absolute atomic E-state index is 13.0. The number of nitrogens with zero attached hydrogens (tertiary/aromatic N) is 3. The molecule has 1 aromatic rings. The minimum Gasteiger partial charge on any atom is -0.342 e. The molecule has 0 aliphatic carbocycles. The number of hydrazine groups is 1. The van der Waals surface area contributed by atoms with Crippen LogP contribution >= 0.6 is 0 Å². The third kappa shape index (κ3) is 6.20. The topological polar surface area (TPSA) is 102 Å². The van der Waals surface area contributed by atoms with Gasteiger partial charge in [-0.3, -0.25) is 24.7 Å². The van der Waals surface area contributed by atoms with E-state index in [1.807, 2.05) is 40.1 Å². The minimum absolute atomic E-state index is 0.0173. The monoisotopic (exact) mass is 483 g/mol. The van der Waals surface area contributed by atoms with E-state index in [0.717, 1.165) is 49.3 Å². The lowest BCUT2D eigenvalue weighted by molar-refractivity contribution is -0.140. The van der Waals surface area contributed by atoms with E-state index in [0.29, 0.717) is 25.9 Å². The van der Waals surface area contributed by atoms with Crippen LogP contribution in [0.15, 0.2) is 30.3 Å². The zero-order valence-corrected chi connectivity index (χ0v) is 20.6. The predicted octanol–water partition coefficient (Wildman–Crippen LogP) is 2.08. The molecule has 0 aromatic heterocycles. The molecule has 5 amide bonds. The van der Waals surface area contributed by atoms with Crippen molar-refractivity contribution in [1.29, 1.82) is 0 Å². The number of benzene rings is 1. The van der Waals surface area contributed by atoms with Gasteiger partial charge in [0, 0.05) is 19.0 Å². The maximum atomic E-state index is 13.0. The highest BCUT2D eigenvalue weighted by Gasteiger charge is 2.48. The summed E-state index contributed by atoms with van der Waals surface area (Å²) in [4.78, 5) is 54.9. The minimum atomic E-state index is -1.06. The Kier molecular flexibility index (Phi) is 8.05. The summed E-state index contributed by atoms with van der Waals surface area (Å²) in [5.74, 6) is -0.583. The van der Waals surface area contributed by atoms with Gasteiger partial charge in [-0.1, -0.05) is 43.2 Å². The van der Waals surface area contributed by atoms with E-state index in [1.54, 1.807) is 6.92 Å². The second-order valence-electron chi connectivity index (χ2n) is 10.2. The van der Waals surface area contributed by atoms with E-state index in [-0.39, 0.29) is 18.4 Å². The lowest BCUT2D eigenvalue weighted by atomic mass is 9.93. The quantitative estimate of drug-likeness (QED) is 0.578. The summed E-state index contributed by atoms with van der Waals surface area (Å²) in [5, 5.41) is 3.54. The number of carbonyl (C=O) groups is 4. The molecule has 0 saturated carbocycles. The predicted molar refractivity (Wildman–Crippen MR) is 131 cm³/mol. The Hall–Kier alpha value is -2.94. The highest BCUT2D eigenvalue weighted by Crippen LogP contribution is 2.23. The molecular formula is C26H37N5O4. The SMILES string of the molecule is C[C@]1(CCc2ccccc2)NC(=O)N(NC(=O)CN2CCC(C(=O)N3CCCCCC3)CC2)C1=O. The van der Waals surface area contributed by atoms with E-state index >= 15 is 0 Å². The van der Waals surface area contributed by atoms with Crippen LogP contribution in [0.1, 0.15) is 57.4 Å². The van der Waals surface area contributed by atoms with Crippen LogP contribution in [0, 0.1) is 5.92 Å². The number of hydrogen-bond acceptors (Lipinski definition) is 5. The van der Waals surface area contributed by atoms with Crippen molar-refractivity contribution in [2.45, 2.75) is 63.8 Å². The smallest absolute Gasteiger partial charge is 0.342 e. The molecule has 2 N–H and O–H groups in total. The molecule has 0 radical (unpaired) electrons. The molecule has 1 aromatic carbocycles. The Morgan fingerprint density at radius 2 is 1.66 bits per heavy atom. The van der Waals surface area contributed by atoms with Crippen LogP contribution in [0.2, 0.25) is 0 Å². The standard InChI is InChI=1S/C26H37N5O4/c1-26(14-11-20-9-5-4-6-10-20)24(34)31(25(35)27-26)28-22(32)19-29-17-12-21(13-18-29)23(33)30-15-7-2-3-8-16-30/h4-6,9-10,21H,2-3,7-8,11-19H2,1H3,(H,27,35)(H,28,32)/t26-/m1/s1. The summed E-state index contributed by atoms with van der Waals surface area (Å²) < 4.78 is 0. The number of imide groups is 1. The van der Waals surface area contributed by atoms with Crippen LogP contribution in [0.5, 0.6) is 0 Å². The van der Waals surface area contributed by atoms with Gasteiger partial charge >= 0.3 is 6.03 Å². The molecule has 0 unspecified atom stereocenters. The fourth-order valence-corrected chi connectivity index (χ4v) is 5.24. The first-order valence-corrected chi connectivity index (χ1v) is 12.9. The number of piperidine rings is 1. The largest absolute Gasteiger partial charge is 0.344 e. The van der Waals surface area contributed by atoms with E-state index in [9.17, 15) is 19.2 Å². The molecule has 1 atom stereocenters. The summed E-state index contributed by atoms with van der Waals surface area (Å²) in [6, 6.07) is 9.16. The highest BCUT2D eigenvalue weighted by atomic mass is 16.2. The number of urea groups is 1. The molecule has 9 heteroatoms. The Bertz CT molecular complexity index is 923.